The number of methoxy groups -OCH3 is 2. The number of aliphatic hydroxyl groups excluding tert-OH is 1. The van der Waals surface area contributed by atoms with Gasteiger partial charge in [0.2, 0.25) is 0 Å². The first-order valence-corrected chi connectivity index (χ1v) is 6.63. The quantitative estimate of drug-likeness (QED) is 0.562. The van der Waals surface area contributed by atoms with Gasteiger partial charge in [0.15, 0.2) is 0 Å². The lowest BCUT2D eigenvalue weighted by molar-refractivity contribution is 0.0615. The topological polar surface area (TPSA) is 54.0 Å². The van der Waals surface area contributed by atoms with E-state index in [4.69, 9.17) is 9.47 Å². The van der Waals surface area contributed by atoms with E-state index in [9.17, 15) is 5.11 Å². The van der Waals surface area contributed by atoms with Crippen LogP contribution in [-0.4, -0.2) is 75.3 Å². The Morgan fingerprint density at radius 1 is 1.17 bits per heavy atom. The van der Waals surface area contributed by atoms with Gasteiger partial charge < -0.3 is 19.9 Å². The Hall–Kier alpha value is -0.200. The highest BCUT2D eigenvalue weighted by Crippen LogP contribution is 2.02. The Labute approximate surface area is 111 Å². The van der Waals surface area contributed by atoms with Gasteiger partial charge in [-0.15, -0.1) is 0 Å². The van der Waals surface area contributed by atoms with Crippen molar-refractivity contribution in [3.63, 3.8) is 0 Å². The molecular weight excluding hydrogens is 232 g/mol. The predicted octanol–water partition coefficient (Wildman–Crippen LogP) is 0.329. The molecule has 0 fully saturated rings. The minimum Gasteiger partial charge on any atom is -0.395 e. The number of nitrogens with one attached hydrogen (secondary N) is 1. The molecule has 5 heteroatoms. The van der Waals surface area contributed by atoms with E-state index in [1.54, 1.807) is 14.2 Å². The van der Waals surface area contributed by atoms with Gasteiger partial charge in [0, 0.05) is 45.4 Å². The van der Waals surface area contributed by atoms with Crippen molar-refractivity contribution >= 4 is 0 Å². The maximum absolute atomic E-state index is 9.41. The number of hydrogen-bond donors (Lipinski definition) is 2. The Bertz CT molecular complexity index is 191. The maximum atomic E-state index is 9.41. The molecule has 2 atom stereocenters. The van der Waals surface area contributed by atoms with Crippen molar-refractivity contribution in [2.24, 2.45) is 0 Å². The molecule has 18 heavy (non-hydrogen) atoms. The molecule has 5 nitrogen and oxygen atoms in total. The van der Waals surface area contributed by atoms with E-state index in [2.05, 4.69) is 31.0 Å². The van der Waals surface area contributed by atoms with Crippen LogP contribution in [0, 0.1) is 0 Å². The average Bonchev–Trinajstić information content (AvgIpc) is 2.32. The number of nitrogens with zero attached hydrogens (tertiary/aromatic N) is 1. The lowest BCUT2D eigenvalue weighted by Crippen LogP contribution is -2.50. The molecule has 0 spiro atoms. The summed E-state index contributed by atoms with van der Waals surface area (Å²) in [5.41, 5.74) is 0. The Balaban J connectivity index is 4.33. The van der Waals surface area contributed by atoms with E-state index in [-0.39, 0.29) is 12.6 Å². The molecule has 110 valence electrons. The second-order valence-corrected chi connectivity index (χ2v) is 4.99. The predicted molar refractivity (Wildman–Crippen MR) is 73.9 cm³/mol. The Morgan fingerprint density at radius 2 is 1.83 bits per heavy atom. The first-order valence-electron chi connectivity index (χ1n) is 6.63. The van der Waals surface area contributed by atoms with Crippen molar-refractivity contribution in [3.05, 3.63) is 0 Å². The molecule has 0 aliphatic rings. The minimum atomic E-state index is 0.0844. The molecule has 0 bridgehead atoms. The van der Waals surface area contributed by atoms with Crippen LogP contribution in [0.15, 0.2) is 0 Å². The van der Waals surface area contributed by atoms with Crippen LogP contribution in [0.4, 0.5) is 0 Å². The summed E-state index contributed by atoms with van der Waals surface area (Å²) in [5.74, 6) is 0. The van der Waals surface area contributed by atoms with Crippen molar-refractivity contribution in [1.29, 1.82) is 0 Å². The summed E-state index contributed by atoms with van der Waals surface area (Å²) >= 11 is 0. The van der Waals surface area contributed by atoms with Gasteiger partial charge in [-0.05, 0) is 6.92 Å². The lowest BCUT2D eigenvalue weighted by atomic mass is 10.2. The van der Waals surface area contributed by atoms with E-state index in [1.165, 1.54) is 0 Å². The van der Waals surface area contributed by atoms with Crippen LogP contribution in [0.3, 0.4) is 0 Å². The third-order valence-corrected chi connectivity index (χ3v) is 2.86. The molecule has 2 unspecified atom stereocenters. The van der Waals surface area contributed by atoms with E-state index in [0.717, 1.165) is 13.1 Å². The van der Waals surface area contributed by atoms with Crippen LogP contribution < -0.4 is 5.32 Å². The molecule has 0 saturated carbocycles. The van der Waals surface area contributed by atoms with Crippen LogP contribution in [-0.2, 0) is 9.47 Å². The monoisotopic (exact) mass is 262 g/mol. The van der Waals surface area contributed by atoms with Crippen molar-refractivity contribution in [2.75, 3.05) is 47.1 Å². The minimum absolute atomic E-state index is 0.0844. The standard InChI is InChI=1S/C13H30N2O3/c1-11(2)14-13(9-16)8-15(6-7-17-4)12(3)10-18-5/h11-14,16H,6-10H2,1-5H3. The number of aliphatic hydroxyl groups is 1. The molecule has 0 aromatic rings. The number of ether oxygens (including phenoxy) is 2. The average molecular weight is 262 g/mol. The van der Waals surface area contributed by atoms with E-state index in [1.807, 2.05) is 0 Å². The fourth-order valence-electron chi connectivity index (χ4n) is 1.96. The summed E-state index contributed by atoms with van der Waals surface area (Å²) in [5, 5.41) is 12.8. The molecular formula is C13H30N2O3. The third-order valence-electron chi connectivity index (χ3n) is 2.86. The Kier molecular flexibility index (Phi) is 10.6. The SMILES string of the molecule is COCCN(CC(CO)NC(C)C)C(C)COC. The van der Waals surface area contributed by atoms with E-state index in [0.29, 0.717) is 25.3 Å². The number of rotatable bonds is 11. The first-order chi connectivity index (χ1) is 8.54. The zero-order valence-electron chi connectivity index (χ0n) is 12.5. The summed E-state index contributed by atoms with van der Waals surface area (Å²) in [6.45, 7) is 9.45. The maximum Gasteiger partial charge on any atom is 0.0615 e. The van der Waals surface area contributed by atoms with Gasteiger partial charge in [0.05, 0.1) is 19.8 Å². The largest absolute Gasteiger partial charge is 0.395 e. The highest BCUT2D eigenvalue weighted by Gasteiger charge is 2.18. The summed E-state index contributed by atoms with van der Waals surface area (Å²) < 4.78 is 10.3. The highest BCUT2D eigenvalue weighted by molar-refractivity contribution is 4.76. The summed E-state index contributed by atoms with van der Waals surface area (Å²) in [6.07, 6.45) is 0. The van der Waals surface area contributed by atoms with Gasteiger partial charge in [-0.1, -0.05) is 13.8 Å². The van der Waals surface area contributed by atoms with E-state index >= 15 is 0 Å². The first kappa shape index (κ1) is 17.8. The fraction of sp³-hybridized carbons (Fsp3) is 1.00. The molecule has 0 amide bonds. The second-order valence-electron chi connectivity index (χ2n) is 4.99. The van der Waals surface area contributed by atoms with Crippen LogP contribution in [0.1, 0.15) is 20.8 Å². The lowest BCUT2D eigenvalue weighted by Gasteiger charge is -2.32. The van der Waals surface area contributed by atoms with Crippen LogP contribution in [0.2, 0.25) is 0 Å². The van der Waals surface area contributed by atoms with Crippen LogP contribution in [0.25, 0.3) is 0 Å². The van der Waals surface area contributed by atoms with Crippen LogP contribution in [0.5, 0.6) is 0 Å². The third kappa shape index (κ3) is 8.00. The van der Waals surface area contributed by atoms with Crippen molar-refractivity contribution in [1.82, 2.24) is 10.2 Å². The smallest absolute Gasteiger partial charge is 0.0615 e. The molecule has 2 N–H and O–H groups in total. The molecule has 0 aromatic heterocycles. The van der Waals surface area contributed by atoms with E-state index < -0.39 is 0 Å². The summed E-state index contributed by atoms with van der Waals surface area (Å²) in [4.78, 5) is 2.28. The molecule has 0 aromatic carbocycles. The van der Waals surface area contributed by atoms with Crippen molar-refractivity contribution in [2.45, 2.75) is 38.9 Å². The van der Waals surface area contributed by atoms with Gasteiger partial charge in [-0.25, -0.2) is 0 Å². The highest BCUT2D eigenvalue weighted by atomic mass is 16.5. The zero-order valence-corrected chi connectivity index (χ0v) is 12.5. The molecule has 0 saturated heterocycles. The van der Waals surface area contributed by atoms with Gasteiger partial charge >= 0.3 is 0 Å². The fourth-order valence-corrected chi connectivity index (χ4v) is 1.96. The Morgan fingerprint density at radius 3 is 2.28 bits per heavy atom. The molecule has 0 aliphatic heterocycles. The molecule has 0 aliphatic carbocycles. The van der Waals surface area contributed by atoms with Crippen molar-refractivity contribution < 1.29 is 14.6 Å². The van der Waals surface area contributed by atoms with Crippen LogP contribution >= 0.6 is 0 Å². The molecule has 0 rings (SSSR count). The van der Waals surface area contributed by atoms with Gasteiger partial charge in [-0.2, -0.15) is 0 Å². The molecule has 0 radical (unpaired) electrons. The summed E-state index contributed by atoms with van der Waals surface area (Å²) in [6, 6.07) is 0.762. The second kappa shape index (κ2) is 10.7. The van der Waals surface area contributed by atoms with Gasteiger partial charge in [0.1, 0.15) is 0 Å². The number of hydrogen-bond acceptors (Lipinski definition) is 5. The van der Waals surface area contributed by atoms with Crippen molar-refractivity contribution in [3.8, 4) is 0 Å². The zero-order chi connectivity index (χ0) is 14.0. The summed E-state index contributed by atoms with van der Waals surface area (Å²) in [7, 11) is 3.41. The normalized spacial score (nSPS) is 15.3. The molecule has 0 heterocycles. The van der Waals surface area contributed by atoms with Gasteiger partial charge in [-0.3, -0.25) is 4.90 Å². The van der Waals surface area contributed by atoms with Gasteiger partial charge in [0.25, 0.3) is 0 Å².